The van der Waals surface area contributed by atoms with E-state index in [0.29, 0.717) is 12.1 Å². The van der Waals surface area contributed by atoms with Crippen molar-refractivity contribution in [1.29, 1.82) is 0 Å². The molecule has 3 aromatic rings. The van der Waals surface area contributed by atoms with Crippen molar-refractivity contribution < 1.29 is 4.79 Å². The molecule has 0 aliphatic heterocycles. The van der Waals surface area contributed by atoms with Gasteiger partial charge in [-0.15, -0.1) is 0 Å². The number of carbonyl (C=O) groups excluding carboxylic acids is 1. The maximum absolute atomic E-state index is 12.5. The summed E-state index contributed by atoms with van der Waals surface area (Å²) >= 11 is 3.39. The molecule has 2 aromatic carbocycles. The standard InChI is InChI=1S/C17H13BrN2O/c18-14-8-6-13(7-9-14)12-17(21)16-10-11-19-20(16)15-4-2-1-3-5-15/h1-11H,12H2. The number of benzene rings is 2. The Hall–Kier alpha value is -2.20. The molecule has 0 amide bonds. The van der Waals surface area contributed by atoms with E-state index in [1.807, 2.05) is 54.6 Å². The monoisotopic (exact) mass is 340 g/mol. The number of nitrogens with zero attached hydrogens (tertiary/aromatic N) is 2. The molecule has 1 heterocycles. The minimum Gasteiger partial charge on any atom is -0.292 e. The van der Waals surface area contributed by atoms with Gasteiger partial charge in [-0.25, -0.2) is 4.68 Å². The Kier molecular flexibility index (Phi) is 3.97. The minimum absolute atomic E-state index is 0.0543. The van der Waals surface area contributed by atoms with Gasteiger partial charge >= 0.3 is 0 Å². The van der Waals surface area contributed by atoms with Crippen molar-refractivity contribution in [2.45, 2.75) is 6.42 Å². The number of ketones is 1. The van der Waals surface area contributed by atoms with Crippen LogP contribution in [-0.4, -0.2) is 15.6 Å². The van der Waals surface area contributed by atoms with E-state index >= 15 is 0 Å². The summed E-state index contributed by atoms with van der Waals surface area (Å²) in [4.78, 5) is 12.5. The fourth-order valence-corrected chi connectivity index (χ4v) is 2.43. The predicted octanol–water partition coefficient (Wildman–Crippen LogP) is 4.06. The van der Waals surface area contributed by atoms with Crippen molar-refractivity contribution in [2.24, 2.45) is 0 Å². The number of halogens is 1. The van der Waals surface area contributed by atoms with Gasteiger partial charge in [0, 0.05) is 10.9 Å². The molecule has 0 N–H and O–H groups in total. The van der Waals surface area contributed by atoms with Crippen molar-refractivity contribution in [3.63, 3.8) is 0 Å². The molecule has 0 radical (unpaired) electrons. The highest BCUT2D eigenvalue weighted by Gasteiger charge is 2.13. The molecule has 1 aromatic heterocycles. The predicted molar refractivity (Wildman–Crippen MR) is 85.7 cm³/mol. The maximum Gasteiger partial charge on any atom is 0.185 e. The number of aromatic nitrogens is 2. The van der Waals surface area contributed by atoms with Gasteiger partial charge in [0.05, 0.1) is 11.9 Å². The summed E-state index contributed by atoms with van der Waals surface area (Å²) < 4.78 is 2.69. The van der Waals surface area contributed by atoms with Gasteiger partial charge in [0.1, 0.15) is 5.69 Å². The summed E-state index contributed by atoms with van der Waals surface area (Å²) in [5.74, 6) is 0.0543. The van der Waals surface area contributed by atoms with E-state index in [2.05, 4.69) is 21.0 Å². The van der Waals surface area contributed by atoms with Gasteiger partial charge in [0.15, 0.2) is 5.78 Å². The first-order chi connectivity index (χ1) is 10.2. The Bertz CT molecular complexity index is 748. The number of para-hydroxylation sites is 1. The lowest BCUT2D eigenvalue weighted by Gasteiger charge is -2.07. The smallest absolute Gasteiger partial charge is 0.185 e. The molecule has 0 unspecified atom stereocenters. The molecule has 104 valence electrons. The van der Waals surface area contributed by atoms with E-state index in [9.17, 15) is 4.79 Å². The lowest BCUT2D eigenvalue weighted by atomic mass is 10.1. The highest BCUT2D eigenvalue weighted by atomic mass is 79.9. The number of hydrogen-bond donors (Lipinski definition) is 0. The topological polar surface area (TPSA) is 34.9 Å². The molecular weight excluding hydrogens is 328 g/mol. The van der Waals surface area contributed by atoms with Gasteiger partial charge in [-0.05, 0) is 35.9 Å². The summed E-state index contributed by atoms with van der Waals surface area (Å²) in [6.45, 7) is 0. The van der Waals surface area contributed by atoms with E-state index in [1.54, 1.807) is 16.9 Å². The molecular formula is C17H13BrN2O. The normalized spacial score (nSPS) is 10.5. The summed E-state index contributed by atoms with van der Waals surface area (Å²) in [6.07, 6.45) is 2.02. The molecule has 0 aliphatic carbocycles. The number of hydrogen-bond acceptors (Lipinski definition) is 2. The lowest BCUT2D eigenvalue weighted by Crippen LogP contribution is -2.11. The van der Waals surface area contributed by atoms with E-state index in [4.69, 9.17) is 0 Å². The van der Waals surface area contributed by atoms with Crippen LogP contribution in [0.1, 0.15) is 16.1 Å². The van der Waals surface area contributed by atoms with Crippen molar-refractivity contribution in [3.8, 4) is 5.69 Å². The second-order valence-electron chi connectivity index (χ2n) is 4.69. The fourth-order valence-electron chi connectivity index (χ4n) is 2.17. The van der Waals surface area contributed by atoms with E-state index in [-0.39, 0.29) is 5.78 Å². The van der Waals surface area contributed by atoms with Crippen LogP contribution in [0.5, 0.6) is 0 Å². The van der Waals surface area contributed by atoms with Gasteiger partial charge in [0.2, 0.25) is 0 Å². The number of Topliss-reactive ketones (excluding diaryl/α,β-unsaturated/α-hetero) is 1. The highest BCUT2D eigenvalue weighted by molar-refractivity contribution is 9.10. The Labute approximate surface area is 131 Å². The molecule has 0 spiro atoms. The average Bonchev–Trinajstić information content (AvgIpc) is 3.00. The third-order valence-corrected chi connectivity index (χ3v) is 3.74. The number of rotatable bonds is 4. The molecule has 4 heteroatoms. The summed E-state index contributed by atoms with van der Waals surface area (Å²) in [5, 5.41) is 4.25. The van der Waals surface area contributed by atoms with Crippen LogP contribution >= 0.6 is 15.9 Å². The van der Waals surface area contributed by atoms with Crippen LogP contribution in [0.25, 0.3) is 5.69 Å². The zero-order valence-electron chi connectivity index (χ0n) is 11.2. The zero-order chi connectivity index (χ0) is 14.7. The molecule has 0 atom stereocenters. The van der Waals surface area contributed by atoms with Gasteiger partial charge in [-0.1, -0.05) is 46.3 Å². The second-order valence-corrected chi connectivity index (χ2v) is 5.61. The highest BCUT2D eigenvalue weighted by Crippen LogP contribution is 2.15. The quantitative estimate of drug-likeness (QED) is 0.671. The Balaban J connectivity index is 1.86. The molecule has 3 nitrogen and oxygen atoms in total. The van der Waals surface area contributed by atoms with E-state index in [0.717, 1.165) is 15.7 Å². The van der Waals surface area contributed by atoms with Crippen LogP contribution < -0.4 is 0 Å². The first-order valence-electron chi connectivity index (χ1n) is 6.61. The molecule has 0 aliphatic rings. The van der Waals surface area contributed by atoms with E-state index < -0.39 is 0 Å². The van der Waals surface area contributed by atoms with Crippen LogP contribution in [0.4, 0.5) is 0 Å². The van der Waals surface area contributed by atoms with Gasteiger partial charge in [-0.3, -0.25) is 4.79 Å². The van der Waals surface area contributed by atoms with Crippen LogP contribution in [0, 0.1) is 0 Å². The molecule has 0 saturated carbocycles. The zero-order valence-corrected chi connectivity index (χ0v) is 12.8. The molecule has 0 fully saturated rings. The largest absolute Gasteiger partial charge is 0.292 e. The first-order valence-corrected chi connectivity index (χ1v) is 7.40. The molecule has 0 bridgehead atoms. The van der Waals surface area contributed by atoms with Crippen LogP contribution in [0.2, 0.25) is 0 Å². The average molecular weight is 341 g/mol. The second kappa shape index (κ2) is 6.06. The minimum atomic E-state index is 0.0543. The summed E-state index contributed by atoms with van der Waals surface area (Å²) in [6, 6.07) is 19.2. The first kappa shape index (κ1) is 13.8. The SMILES string of the molecule is O=C(Cc1ccc(Br)cc1)c1ccnn1-c1ccccc1. The maximum atomic E-state index is 12.5. The molecule has 21 heavy (non-hydrogen) atoms. The lowest BCUT2D eigenvalue weighted by molar-refractivity contribution is 0.0985. The van der Waals surface area contributed by atoms with Crippen molar-refractivity contribution in [2.75, 3.05) is 0 Å². The van der Waals surface area contributed by atoms with Crippen molar-refractivity contribution in [1.82, 2.24) is 9.78 Å². The number of carbonyl (C=O) groups is 1. The van der Waals surface area contributed by atoms with Gasteiger partial charge in [0.25, 0.3) is 0 Å². The van der Waals surface area contributed by atoms with Crippen molar-refractivity contribution >= 4 is 21.7 Å². The summed E-state index contributed by atoms with van der Waals surface area (Å²) in [7, 11) is 0. The molecule has 3 rings (SSSR count). The fraction of sp³-hybridized carbons (Fsp3) is 0.0588. The Morgan fingerprint density at radius 1 is 1.00 bits per heavy atom. The van der Waals surface area contributed by atoms with Crippen molar-refractivity contribution in [3.05, 3.63) is 82.6 Å². The van der Waals surface area contributed by atoms with Crippen LogP contribution in [0.15, 0.2) is 71.3 Å². The van der Waals surface area contributed by atoms with Gasteiger partial charge < -0.3 is 0 Å². The van der Waals surface area contributed by atoms with Crippen LogP contribution in [0.3, 0.4) is 0 Å². The van der Waals surface area contributed by atoms with E-state index in [1.165, 1.54) is 0 Å². The Morgan fingerprint density at radius 3 is 2.43 bits per heavy atom. The molecule has 0 saturated heterocycles. The third kappa shape index (κ3) is 3.11. The van der Waals surface area contributed by atoms with Gasteiger partial charge in [-0.2, -0.15) is 5.10 Å². The third-order valence-electron chi connectivity index (χ3n) is 3.21. The van der Waals surface area contributed by atoms with Crippen LogP contribution in [-0.2, 0) is 6.42 Å². The summed E-state index contributed by atoms with van der Waals surface area (Å²) in [5.41, 5.74) is 2.48. The Morgan fingerprint density at radius 2 is 1.71 bits per heavy atom.